The molecule has 0 atom stereocenters. The maximum absolute atomic E-state index is 13.8. The van der Waals surface area contributed by atoms with Crippen LogP contribution in [0.25, 0.3) is 0 Å². The van der Waals surface area contributed by atoms with Crippen molar-refractivity contribution in [3.05, 3.63) is 63.2 Å². The van der Waals surface area contributed by atoms with Crippen molar-refractivity contribution >= 4 is 17.3 Å². The number of nitrogens with zero attached hydrogens (tertiary/aromatic N) is 1. The third kappa shape index (κ3) is 2.98. The van der Waals surface area contributed by atoms with Gasteiger partial charge in [0.25, 0.3) is 11.6 Å². The molecule has 0 saturated heterocycles. The molecule has 1 N–H and O–H groups in total. The first-order chi connectivity index (χ1) is 11.3. The van der Waals surface area contributed by atoms with E-state index in [0.717, 1.165) is 19.2 Å². The molecule has 0 saturated carbocycles. The van der Waals surface area contributed by atoms with Crippen LogP contribution in [0.2, 0.25) is 0 Å². The molecule has 0 bridgehead atoms. The number of rotatable bonds is 4. The van der Waals surface area contributed by atoms with Crippen molar-refractivity contribution in [3.63, 3.8) is 0 Å². The van der Waals surface area contributed by atoms with E-state index in [4.69, 9.17) is 0 Å². The maximum Gasteiger partial charge on any atom is 0.271 e. The summed E-state index contributed by atoms with van der Waals surface area (Å²) in [4.78, 5) is 21.8. The Morgan fingerprint density at radius 3 is 2.21 bits per heavy atom. The summed E-state index contributed by atoms with van der Waals surface area (Å²) >= 11 is 0. The summed E-state index contributed by atoms with van der Waals surface area (Å²) in [6.07, 6.45) is 0. The summed E-state index contributed by atoms with van der Waals surface area (Å²) < 4.78 is 59.0. The van der Waals surface area contributed by atoms with Gasteiger partial charge in [0.2, 0.25) is 11.6 Å². The summed E-state index contributed by atoms with van der Waals surface area (Å²) in [6, 6.07) is 4.42. The minimum Gasteiger partial charge on any atom is -0.491 e. The van der Waals surface area contributed by atoms with Crippen LogP contribution in [0.4, 0.5) is 28.9 Å². The highest BCUT2D eigenvalue weighted by atomic mass is 19.2. The van der Waals surface area contributed by atoms with Gasteiger partial charge >= 0.3 is 0 Å². The average Bonchev–Trinajstić information content (AvgIpc) is 2.54. The number of hydrogen-bond acceptors (Lipinski definition) is 4. The van der Waals surface area contributed by atoms with Crippen molar-refractivity contribution in [3.8, 4) is 5.75 Å². The van der Waals surface area contributed by atoms with Gasteiger partial charge in [0, 0.05) is 17.8 Å². The Morgan fingerprint density at radius 2 is 1.71 bits per heavy atom. The lowest BCUT2D eigenvalue weighted by Gasteiger charge is -2.11. The van der Waals surface area contributed by atoms with Crippen molar-refractivity contribution in [2.45, 2.75) is 0 Å². The van der Waals surface area contributed by atoms with E-state index in [0.29, 0.717) is 0 Å². The van der Waals surface area contributed by atoms with Crippen LogP contribution in [0.5, 0.6) is 5.75 Å². The number of anilines is 1. The van der Waals surface area contributed by atoms with Crippen LogP contribution in [0, 0.1) is 33.4 Å². The standard InChI is InChI=1S/C14H8F4N2O4/c1-24-13-11(17)9(15)8(10(16)12(13)18)14(21)19-6-3-2-4-7(5-6)20(22)23/h2-5H,1H3,(H,19,21). The fourth-order valence-electron chi connectivity index (χ4n) is 1.88. The van der Waals surface area contributed by atoms with Crippen molar-refractivity contribution in [1.29, 1.82) is 0 Å². The second-order valence-corrected chi connectivity index (χ2v) is 4.43. The predicted octanol–water partition coefficient (Wildman–Crippen LogP) is 3.41. The number of ether oxygens (including phenoxy) is 1. The molecule has 1 amide bonds. The lowest BCUT2D eigenvalue weighted by molar-refractivity contribution is -0.384. The molecule has 0 spiro atoms. The van der Waals surface area contributed by atoms with E-state index in [1.807, 2.05) is 5.32 Å². The van der Waals surface area contributed by atoms with E-state index in [2.05, 4.69) is 4.74 Å². The lowest BCUT2D eigenvalue weighted by atomic mass is 10.1. The molecule has 6 nitrogen and oxygen atoms in total. The monoisotopic (exact) mass is 344 g/mol. The van der Waals surface area contributed by atoms with Gasteiger partial charge in [-0.15, -0.1) is 0 Å². The molecule has 126 valence electrons. The topological polar surface area (TPSA) is 81.5 Å². The van der Waals surface area contributed by atoms with Gasteiger partial charge in [0.05, 0.1) is 12.0 Å². The van der Waals surface area contributed by atoms with E-state index >= 15 is 0 Å². The maximum atomic E-state index is 13.8. The molecule has 2 aromatic rings. The highest BCUT2D eigenvalue weighted by molar-refractivity contribution is 6.05. The van der Waals surface area contributed by atoms with Crippen LogP contribution in [-0.4, -0.2) is 17.9 Å². The number of benzene rings is 2. The van der Waals surface area contributed by atoms with Crippen molar-refractivity contribution < 1.29 is 32.0 Å². The number of amides is 1. The molecular formula is C14H8F4N2O4. The fourth-order valence-corrected chi connectivity index (χ4v) is 1.88. The van der Waals surface area contributed by atoms with E-state index in [1.165, 1.54) is 12.1 Å². The Hall–Kier alpha value is -3.17. The zero-order valence-electron chi connectivity index (χ0n) is 11.9. The third-order valence-electron chi connectivity index (χ3n) is 2.97. The van der Waals surface area contributed by atoms with Gasteiger partial charge in [0.1, 0.15) is 5.56 Å². The fraction of sp³-hybridized carbons (Fsp3) is 0.0714. The molecule has 0 unspecified atom stereocenters. The molecule has 0 heterocycles. The van der Waals surface area contributed by atoms with Crippen LogP contribution in [0.1, 0.15) is 10.4 Å². The van der Waals surface area contributed by atoms with Crippen LogP contribution in [0.3, 0.4) is 0 Å². The van der Waals surface area contributed by atoms with Gasteiger partial charge in [-0.1, -0.05) is 6.07 Å². The average molecular weight is 344 g/mol. The van der Waals surface area contributed by atoms with Gasteiger partial charge < -0.3 is 10.1 Å². The predicted molar refractivity (Wildman–Crippen MR) is 73.9 cm³/mol. The zero-order valence-corrected chi connectivity index (χ0v) is 11.9. The molecule has 0 aliphatic rings. The summed E-state index contributed by atoms with van der Waals surface area (Å²) in [5.74, 6) is -10.5. The molecule has 2 aromatic carbocycles. The Kier molecular flexibility index (Phi) is 4.67. The molecule has 0 aromatic heterocycles. The Balaban J connectivity index is 2.44. The summed E-state index contributed by atoms with van der Waals surface area (Å²) in [7, 11) is 0.795. The minimum absolute atomic E-state index is 0.190. The first kappa shape index (κ1) is 17.2. The van der Waals surface area contributed by atoms with Crippen molar-refractivity contribution in [2.75, 3.05) is 12.4 Å². The molecule has 0 aliphatic heterocycles. The number of non-ortho nitro benzene ring substituents is 1. The van der Waals surface area contributed by atoms with Gasteiger partial charge in [-0.25, -0.2) is 8.78 Å². The normalized spacial score (nSPS) is 10.4. The summed E-state index contributed by atoms with van der Waals surface area (Å²) in [5.41, 5.74) is -2.11. The minimum atomic E-state index is -1.95. The second-order valence-electron chi connectivity index (χ2n) is 4.43. The van der Waals surface area contributed by atoms with Crippen LogP contribution in [0.15, 0.2) is 24.3 Å². The Labute approximate surface area is 131 Å². The number of halogens is 4. The van der Waals surface area contributed by atoms with Gasteiger partial charge in [0.15, 0.2) is 17.4 Å². The highest BCUT2D eigenvalue weighted by Crippen LogP contribution is 2.30. The van der Waals surface area contributed by atoms with Gasteiger partial charge in [-0.3, -0.25) is 14.9 Å². The molecule has 24 heavy (non-hydrogen) atoms. The van der Waals surface area contributed by atoms with E-state index < -0.39 is 51.1 Å². The Bertz CT molecular complexity index is 813. The molecule has 2 rings (SSSR count). The number of hydrogen-bond donors (Lipinski definition) is 1. The van der Waals surface area contributed by atoms with Crippen molar-refractivity contribution in [2.24, 2.45) is 0 Å². The summed E-state index contributed by atoms with van der Waals surface area (Å²) in [5, 5.41) is 12.6. The van der Waals surface area contributed by atoms with Crippen molar-refractivity contribution in [1.82, 2.24) is 0 Å². The van der Waals surface area contributed by atoms with E-state index in [1.54, 1.807) is 0 Å². The SMILES string of the molecule is COc1c(F)c(F)c(C(=O)Nc2cccc([N+](=O)[O-])c2)c(F)c1F. The van der Waals surface area contributed by atoms with E-state index in [-0.39, 0.29) is 5.69 Å². The van der Waals surface area contributed by atoms with Crippen LogP contribution in [-0.2, 0) is 0 Å². The number of nitro groups is 1. The molecule has 0 radical (unpaired) electrons. The highest BCUT2D eigenvalue weighted by Gasteiger charge is 2.30. The van der Waals surface area contributed by atoms with Gasteiger partial charge in [-0.2, -0.15) is 8.78 Å². The first-order valence-corrected chi connectivity index (χ1v) is 6.23. The quantitative estimate of drug-likeness (QED) is 0.399. The first-order valence-electron chi connectivity index (χ1n) is 6.23. The van der Waals surface area contributed by atoms with E-state index in [9.17, 15) is 32.5 Å². The largest absolute Gasteiger partial charge is 0.491 e. The molecule has 10 heteroatoms. The number of carbonyl (C=O) groups is 1. The molecular weight excluding hydrogens is 336 g/mol. The lowest BCUT2D eigenvalue weighted by Crippen LogP contribution is -2.18. The summed E-state index contributed by atoms with van der Waals surface area (Å²) in [6.45, 7) is 0. The number of methoxy groups -OCH3 is 1. The second kappa shape index (κ2) is 6.52. The molecule has 0 aliphatic carbocycles. The van der Waals surface area contributed by atoms with Crippen LogP contribution < -0.4 is 10.1 Å². The number of nitro benzene ring substituents is 1. The number of carbonyl (C=O) groups excluding carboxylic acids is 1. The smallest absolute Gasteiger partial charge is 0.271 e. The zero-order chi connectivity index (χ0) is 18.0. The Morgan fingerprint density at radius 1 is 1.12 bits per heavy atom. The van der Waals surface area contributed by atoms with Gasteiger partial charge in [-0.05, 0) is 6.07 Å². The third-order valence-corrected chi connectivity index (χ3v) is 2.97. The molecule has 0 fully saturated rings. The van der Waals surface area contributed by atoms with Crippen LogP contribution >= 0.6 is 0 Å². The number of nitrogens with one attached hydrogen (secondary N) is 1.